The van der Waals surface area contributed by atoms with Crippen molar-refractivity contribution in [3.05, 3.63) is 64.7 Å². The number of imide groups is 1. The number of benzene rings is 2. The molecule has 2 aromatic carbocycles. The number of esters is 1. The summed E-state index contributed by atoms with van der Waals surface area (Å²) in [6, 6.07) is 10.7. The number of alkyl halides is 2. The Morgan fingerprint density at radius 2 is 1.73 bits per heavy atom. The lowest BCUT2D eigenvalue weighted by Gasteiger charge is -2.07. The highest BCUT2D eigenvalue weighted by Crippen LogP contribution is 2.15. The van der Waals surface area contributed by atoms with E-state index in [1.54, 1.807) is 12.1 Å². The topological polar surface area (TPSA) is 81.7 Å². The van der Waals surface area contributed by atoms with Crippen LogP contribution in [0.4, 0.5) is 8.78 Å². The molecule has 0 unspecified atom stereocenters. The van der Waals surface area contributed by atoms with Gasteiger partial charge in [0.05, 0.1) is 5.56 Å². The third-order valence-corrected chi connectivity index (χ3v) is 3.22. The average molecular weight is 384 g/mol. The van der Waals surface area contributed by atoms with Gasteiger partial charge in [0.2, 0.25) is 0 Å². The number of nitrogens with one attached hydrogen (secondary N) is 1. The number of rotatable bonds is 6. The van der Waals surface area contributed by atoms with Crippen LogP contribution < -0.4 is 10.1 Å². The molecule has 0 fully saturated rings. The smallest absolute Gasteiger partial charge is 0.387 e. The number of carbonyl (C=O) groups excluding carboxylic acids is 3. The molecule has 1 N–H and O–H groups in total. The number of amides is 2. The van der Waals surface area contributed by atoms with E-state index in [0.717, 1.165) is 12.1 Å². The minimum atomic E-state index is -2.98. The Morgan fingerprint density at radius 1 is 1.04 bits per heavy atom. The fourth-order valence-electron chi connectivity index (χ4n) is 1.85. The first-order valence-electron chi connectivity index (χ1n) is 7.17. The largest absolute Gasteiger partial charge is 0.452 e. The molecule has 9 heteroatoms. The van der Waals surface area contributed by atoms with Gasteiger partial charge in [-0.2, -0.15) is 8.78 Å². The summed E-state index contributed by atoms with van der Waals surface area (Å²) in [5, 5.41) is 2.34. The maximum absolute atomic E-state index is 12.1. The Kier molecular flexibility index (Phi) is 6.62. The zero-order valence-electron chi connectivity index (χ0n) is 13.1. The number of hydrogen-bond donors (Lipinski definition) is 1. The van der Waals surface area contributed by atoms with Crippen LogP contribution in [0.15, 0.2) is 48.5 Å². The molecule has 2 rings (SSSR count). The van der Waals surface area contributed by atoms with Crippen LogP contribution in [0.3, 0.4) is 0 Å². The van der Waals surface area contributed by atoms with Gasteiger partial charge in [0.25, 0.3) is 11.8 Å². The maximum Gasteiger partial charge on any atom is 0.387 e. The van der Waals surface area contributed by atoms with Crippen LogP contribution in [0.25, 0.3) is 0 Å². The van der Waals surface area contributed by atoms with E-state index in [4.69, 9.17) is 16.3 Å². The minimum Gasteiger partial charge on any atom is -0.452 e. The molecule has 2 aromatic rings. The summed E-state index contributed by atoms with van der Waals surface area (Å²) >= 11 is 5.74. The van der Waals surface area contributed by atoms with Crippen molar-refractivity contribution in [2.75, 3.05) is 6.61 Å². The summed E-state index contributed by atoms with van der Waals surface area (Å²) in [6.07, 6.45) is 0. The van der Waals surface area contributed by atoms with E-state index in [1.807, 2.05) is 5.32 Å². The molecule has 0 saturated heterocycles. The van der Waals surface area contributed by atoms with E-state index in [0.29, 0.717) is 5.02 Å². The fourth-order valence-corrected chi connectivity index (χ4v) is 2.04. The first kappa shape index (κ1) is 19.3. The summed E-state index contributed by atoms with van der Waals surface area (Å²) in [6.45, 7) is -3.66. The molecule has 0 aliphatic rings. The van der Waals surface area contributed by atoms with E-state index in [9.17, 15) is 23.2 Å². The van der Waals surface area contributed by atoms with Gasteiger partial charge >= 0.3 is 12.6 Å². The number of ether oxygens (including phenoxy) is 2. The Labute approximate surface area is 151 Å². The van der Waals surface area contributed by atoms with Crippen LogP contribution in [-0.2, 0) is 9.53 Å². The molecule has 0 spiro atoms. The van der Waals surface area contributed by atoms with Gasteiger partial charge in [0.15, 0.2) is 6.61 Å². The van der Waals surface area contributed by atoms with Crippen LogP contribution >= 0.6 is 11.6 Å². The molecule has 136 valence electrons. The minimum absolute atomic E-state index is 0.0427. The summed E-state index contributed by atoms with van der Waals surface area (Å²) in [7, 11) is 0. The van der Waals surface area contributed by atoms with Gasteiger partial charge in [-0.25, -0.2) is 4.79 Å². The van der Waals surface area contributed by atoms with Crippen LogP contribution in [0, 0.1) is 0 Å². The van der Waals surface area contributed by atoms with Crippen molar-refractivity contribution in [2.24, 2.45) is 0 Å². The second-order valence-electron chi connectivity index (χ2n) is 4.87. The van der Waals surface area contributed by atoms with Gasteiger partial charge in [-0.1, -0.05) is 17.7 Å². The molecule has 0 aliphatic carbocycles. The lowest BCUT2D eigenvalue weighted by Crippen LogP contribution is -2.34. The Morgan fingerprint density at radius 3 is 2.35 bits per heavy atom. The first-order chi connectivity index (χ1) is 12.3. The lowest BCUT2D eigenvalue weighted by molar-refractivity contribution is -0.123. The van der Waals surface area contributed by atoms with E-state index in [2.05, 4.69) is 4.74 Å². The highest BCUT2D eigenvalue weighted by molar-refractivity contribution is 6.30. The number of hydrogen-bond acceptors (Lipinski definition) is 5. The van der Waals surface area contributed by atoms with E-state index >= 15 is 0 Å². The van der Waals surface area contributed by atoms with Crippen molar-refractivity contribution in [1.29, 1.82) is 0 Å². The highest BCUT2D eigenvalue weighted by Gasteiger charge is 2.14. The van der Waals surface area contributed by atoms with E-state index in [1.165, 1.54) is 24.3 Å². The molecule has 0 saturated carbocycles. The quantitative estimate of drug-likeness (QED) is 0.775. The molecule has 6 nitrogen and oxygen atoms in total. The standard InChI is InChI=1S/C17H12ClF2NO5/c18-12-3-1-2-11(8-12)16(24)25-9-14(22)21-15(23)10-4-6-13(7-5-10)26-17(19)20/h1-8,17H,9H2,(H,21,22,23). The molecule has 0 aliphatic heterocycles. The van der Waals surface area contributed by atoms with Gasteiger partial charge in [0, 0.05) is 10.6 Å². The third-order valence-electron chi connectivity index (χ3n) is 2.99. The Balaban J connectivity index is 1.85. The zero-order valence-corrected chi connectivity index (χ0v) is 13.8. The zero-order chi connectivity index (χ0) is 19.1. The van der Waals surface area contributed by atoms with Crippen LogP contribution in [-0.4, -0.2) is 31.0 Å². The maximum atomic E-state index is 12.1. The monoisotopic (exact) mass is 383 g/mol. The molecule has 0 heterocycles. The van der Waals surface area contributed by atoms with Crippen molar-refractivity contribution >= 4 is 29.4 Å². The van der Waals surface area contributed by atoms with Gasteiger partial charge in [-0.15, -0.1) is 0 Å². The third kappa shape index (κ3) is 5.82. The molecule has 0 aromatic heterocycles. The summed E-state index contributed by atoms with van der Waals surface area (Å²) < 4.78 is 33.0. The van der Waals surface area contributed by atoms with Crippen LogP contribution in [0.1, 0.15) is 20.7 Å². The van der Waals surface area contributed by atoms with Gasteiger partial charge < -0.3 is 9.47 Å². The fraction of sp³-hybridized carbons (Fsp3) is 0.118. The van der Waals surface area contributed by atoms with Gasteiger partial charge in [-0.3, -0.25) is 14.9 Å². The van der Waals surface area contributed by atoms with Crippen molar-refractivity contribution in [3.8, 4) is 5.75 Å². The molecular formula is C17H12ClF2NO5. The molecule has 26 heavy (non-hydrogen) atoms. The predicted octanol–water partition coefficient (Wildman–Crippen LogP) is 3.05. The number of halogens is 3. The van der Waals surface area contributed by atoms with Gasteiger partial charge in [0.1, 0.15) is 5.75 Å². The molecule has 0 atom stereocenters. The van der Waals surface area contributed by atoms with Crippen molar-refractivity contribution in [2.45, 2.75) is 6.61 Å². The van der Waals surface area contributed by atoms with Crippen LogP contribution in [0.5, 0.6) is 5.75 Å². The Hall–Kier alpha value is -3.00. The predicted molar refractivity (Wildman–Crippen MR) is 87.3 cm³/mol. The van der Waals surface area contributed by atoms with E-state index < -0.39 is 31.0 Å². The summed E-state index contributed by atoms with van der Waals surface area (Å²) in [5.74, 6) is -2.53. The normalized spacial score (nSPS) is 10.3. The van der Waals surface area contributed by atoms with Crippen molar-refractivity contribution in [1.82, 2.24) is 5.32 Å². The molecule has 0 bridgehead atoms. The van der Waals surface area contributed by atoms with Gasteiger partial charge in [-0.05, 0) is 42.5 Å². The molecule has 0 radical (unpaired) electrons. The Bertz CT molecular complexity index is 811. The average Bonchev–Trinajstić information content (AvgIpc) is 2.59. The summed E-state index contributed by atoms with van der Waals surface area (Å²) in [5.41, 5.74) is 0.201. The summed E-state index contributed by atoms with van der Waals surface area (Å²) in [4.78, 5) is 35.3. The first-order valence-corrected chi connectivity index (χ1v) is 7.54. The van der Waals surface area contributed by atoms with E-state index in [-0.39, 0.29) is 16.9 Å². The molecule has 2 amide bonds. The van der Waals surface area contributed by atoms with Crippen molar-refractivity contribution < 1.29 is 32.6 Å². The SMILES string of the molecule is O=C(COC(=O)c1cccc(Cl)c1)NC(=O)c1ccc(OC(F)F)cc1. The van der Waals surface area contributed by atoms with Crippen LogP contribution in [0.2, 0.25) is 5.02 Å². The lowest BCUT2D eigenvalue weighted by atomic mass is 10.2. The second kappa shape index (κ2) is 8.91. The highest BCUT2D eigenvalue weighted by atomic mass is 35.5. The molecular weight excluding hydrogens is 372 g/mol. The number of carbonyl (C=O) groups is 3. The van der Waals surface area contributed by atoms with Crippen molar-refractivity contribution in [3.63, 3.8) is 0 Å². The second-order valence-corrected chi connectivity index (χ2v) is 5.30.